The van der Waals surface area contributed by atoms with Gasteiger partial charge in [-0.3, -0.25) is 0 Å². The van der Waals surface area contributed by atoms with Gasteiger partial charge in [-0.2, -0.15) is 0 Å². The van der Waals surface area contributed by atoms with E-state index in [2.05, 4.69) is 65.8 Å². The third-order valence-electron chi connectivity index (χ3n) is 4.65. The zero-order chi connectivity index (χ0) is 25.1. The summed E-state index contributed by atoms with van der Waals surface area (Å²) < 4.78 is 21.6. The Balaban J connectivity index is 0.000000268. The molecular weight excluding hydrogens is 410 g/mol. The molecule has 178 valence electrons. The highest BCUT2D eigenvalue weighted by Gasteiger charge is 2.20. The smallest absolute Gasteiger partial charge is 0.231 e. The topological polar surface area (TPSA) is 36.9 Å². The molecule has 2 aromatic carbocycles. The fraction of sp³-hybridized carbons (Fsp3) is 0.556. The van der Waals surface area contributed by atoms with Crippen LogP contribution in [0.25, 0.3) is 0 Å². The number of ether oxygens (including phenoxy) is 4. The minimum absolute atomic E-state index is 0.163. The van der Waals surface area contributed by atoms with E-state index in [-0.39, 0.29) is 10.8 Å². The van der Waals surface area contributed by atoms with Gasteiger partial charge in [-0.25, -0.2) is 0 Å². The minimum Gasteiger partial charge on any atom is -0.486 e. The van der Waals surface area contributed by atoms with Crippen molar-refractivity contribution < 1.29 is 18.9 Å². The van der Waals surface area contributed by atoms with Crippen LogP contribution in [0.3, 0.4) is 0 Å². The molecular formula is C27H40B2O4. The third kappa shape index (κ3) is 9.65. The molecule has 0 amide bonds. The minimum atomic E-state index is 0.163. The molecule has 2 aliphatic heterocycles. The molecule has 0 saturated carbocycles. The van der Waals surface area contributed by atoms with Crippen molar-refractivity contribution in [2.75, 3.05) is 20.0 Å². The fourth-order valence-corrected chi connectivity index (χ4v) is 2.87. The molecule has 0 atom stereocenters. The van der Waals surface area contributed by atoms with Crippen LogP contribution in [0.4, 0.5) is 0 Å². The summed E-state index contributed by atoms with van der Waals surface area (Å²) in [5, 5.41) is 0. The molecule has 0 saturated heterocycles. The van der Waals surface area contributed by atoms with Gasteiger partial charge in [0.1, 0.15) is 13.2 Å². The van der Waals surface area contributed by atoms with Crippen LogP contribution in [-0.2, 0) is 10.8 Å². The standard InChI is InChI=1S/C12H16O2.C11H14O2.2C2H5B/c1-12(2,3)9-4-5-10-11(8-9)14-7-6-13-10;1-11(2,3)8-4-5-9-10(6-8)13-7-12-9;2*1-2-3/h4-5,8H,6-7H2,1-3H3;4-6H,7H2,1-3H3;2*2H2,1H3. The van der Waals surface area contributed by atoms with Gasteiger partial charge in [-0.05, 0) is 46.2 Å². The van der Waals surface area contributed by atoms with Crippen molar-refractivity contribution in [1.29, 1.82) is 0 Å². The molecule has 2 aromatic rings. The quantitative estimate of drug-likeness (QED) is 0.421. The summed E-state index contributed by atoms with van der Waals surface area (Å²) >= 11 is 0. The number of benzene rings is 2. The number of fused-ring (bicyclic) bond motifs is 2. The zero-order valence-electron chi connectivity index (χ0n) is 21.8. The highest BCUT2D eigenvalue weighted by molar-refractivity contribution is 6.08. The number of hydrogen-bond donors (Lipinski definition) is 0. The van der Waals surface area contributed by atoms with E-state index < -0.39 is 0 Å². The molecule has 2 heterocycles. The average Bonchev–Trinajstić information content (AvgIpc) is 3.22. The van der Waals surface area contributed by atoms with Gasteiger partial charge >= 0.3 is 0 Å². The highest BCUT2D eigenvalue weighted by Crippen LogP contribution is 2.36. The molecule has 0 aromatic heterocycles. The van der Waals surface area contributed by atoms with E-state index in [9.17, 15) is 0 Å². The maximum Gasteiger partial charge on any atom is 0.231 e. The van der Waals surface area contributed by atoms with Crippen molar-refractivity contribution in [2.45, 2.75) is 78.9 Å². The van der Waals surface area contributed by atoms with Crippen molar-refractivity contribution in [2.24, 2.45) is 0 Å². The Hall–Kier alpha value is -2.23. The van der Waals surface area contributed by atoms with Crippen LogP contribution in [0.15, 0.2) is 36.4 Å². The maximum absolute atomic E-state index is 5.53. The van der Waals surface area contributed by atoms with E-state index in [0.29, 0.717) is 20.0 Å². The molecule has 0 unspecified atom stereocenters. The predicted molar refractivity (Wildman–Crippen MR) is 140 cm³/mol. The van der Waals surface area contributed by atoms with Gasteiger partial charge in [-0.15, -0.1) is 0 Å². The van der Waals surface area contributed by atoms with Crippen molar-refractivity contribution in [3.8, 4) is 23.0 Å². The lowest BCUT2D eigenvalue weighted by molar-refractivity contribution is 0.171. The third-order valence-corrected chi connectivity index (χ3v) is 4.65. The Labute approximate surface area is 204 Å². The first-order valence-electron chi connectivity index (χ1n) is 11.7. The molecule has 4 radical (unpaired) electrons. The molecule has 0 fully saturated rings. The first kappa shape index (κ1) is 28.8. The molecule has 4 nitrogen and oxygen atoms in total. The van der Waals surface area contributed by atoms with Crippen LogP contribution in [0.1, 0.15) is 66.5 Å². The Morgan fingerprint density at radius 2 is 0.939 bits per heavy atom. The van der Waals surface area contributed by atoms with E-state index in [1.54, 1.807) is 0 Å². The molecule has 2 aliphatic rings. The maximum atomic E-state index is 5.53. The second kappa shape index (κ2) is 13.5. The largest absolute Gasteiger partial charge is 0.486 e. The summed E-state index contributed by atoms with van der Waals surface area (Å²) in [5.74, 6) is 3.47. The Bertz CT molecular complexity index is 837. The first-order chi connectivity index (χ1) is 15.5. The van der Waals surface area contributed by atoms with E-state index in [1.165, 1.54) is 11.1 Å². The lowest BCUT2D eigenvalue weighted by atomic mass is 9.87. The van der Waals surface area contributed by atoms with E-state index >= 15 is 0 Å². The van der Waals surface area contributed by atoms with Crippen LogP contribution >= 0.6 is 0 Å². The van der Waals surface area contributed by atoms with Crippen molar-refractivity contribution in [3.05, 3.63) is 47.5 Å². The average molecular weight is 450 g/mol. The normalized spacial score (nSPS) is 13.3. The second-order valence-corrected chi connectivity index (χ2v) is 9.74. The number of hydrogen-bond acceptors (Lipinski definition) is 4. The van der Waals surface area contributed by atoms with Crippen LogP contribution in [0, 0.1) is 0 Å². The zero-order valence-corrected chi connectivity index (χ0v) is 21.8. The lowest BCUT2D eigenvalue weighted by Gasteiger charge is -2.23. The van der Waals surface area contributed by atoms with E-state index in [4.69, 9.17) is 34.6 Å². The van der Waals surface area contributed by atoms with Crippen LogP contribution in [0.5, 0.6) is 23.0 Å². The van der Waals surface area contributed by atoms with Crippen LogP contribution < -0.4 is 18.9 Å². The molecule has 0 N–H and O–H groups in total. The summed E-state index contributed by atoms with van der Waals surface area (Å²) in [5.41, 5.74) is 2.88. The second-order valence-electron chi connectivity index (χ2n) is 9.74. The van der Waals surface area contributed by atoms with Crippen LogP contribution in [0.2, 0.25) is 12.6 Å². The summed E-state index contributed by atoms with van der Waals surface area (Å²) in [7, 11) is 9.69. The van der Waals surface area contributed by atoms with Gasteiger partial charge in [0, 0.05) is 0 Å². The highest BCUT2D eigenvalue weighted by atomic mass is 16.7. The van der Waals surface area contributed by atoms with Crippen molar-refractivity contribution >= 4 is 15.7 Å². The van der Waals surface area contributed by atoms with Gasteiger partial charge in [0.25, 0.3) is 0 Å². The fourth-order valence-electron chi connectivity index (χ4n) is 2.87. The predicted octanol–water partition coefficient (Wildman–Crippen LogP) is 6.65. The Morgan fingerprint density at radius 1 is 0.606 bits per heavy atom. The summed E-state index contributed by atoms with van der Waals surface area (Å²) in [6.45, 7) is 18.6. The molecule has 6 heteroatoms. The molecule has 0 bridgehead atoms. The monoisotopic (exact) mass is 450 g/mol. The van der Waals surface area contributed by atoms with Crippen molar-refractivity contribution in [1.82, 2.24) is 0 Å². The molecule has 4 rings (SSSR count). The van der Waals surface area contributed by atoms with Gasteiger partial charge in [0.05, 0.1) is 15.7 Å². The summed E-state index contributed by atoms with van der Waals surface area (Å²) in [4.78, 5) is 0. The van der Waals surface area contributed by atoms with E-state index in [0.717, 1.165) is 35.6 Å². The van der Waals surface area contributed by atoms with Gasteiger partial charge in [-0.1, -0.05) is 80.2 Å². The Kier molecular flexibility index (Phi) is 11.8. The number of rotatable bonds is 0. The first-order valence-corrected chi connectivity index (χ1v) is 11.7. The molecule has 33 heavy (non-hydrogen) atoms. The molecule has 0 spiro atoms. The van der Waals surface area contributed by atoms with Gasteiger partial charge in [0.15, 0.2) is 23.0 Å². The summed E-state index contributed by atoms with van der Waals surface area (Å²) in [6, 6.07) is 12.3. The molecule has 0 aliphatic carbocycles. The Morgan fingerprint density at radius 3 is 1.36 bits per heavy atom. The summed E-state index contributed by atoms with van der Waals surface area (Å²) in [6.07, 6.45) is 1.50. The van der Waals surface area contributed by atoms with Gasteiger partial charge < -0.3 is 18.9 Å². The van der Waals surface area contributed by atoms with Crippen LogP contribution in [-0.4, -0.2) is 35.7 Å². The van der Waals surface area contributed by atoms with Crippen molar-refractivity contribution in [3.63, 3.8) is 0 Å². The van der Waals surface area contributed by atoms with Gasteiger partial charge in [0.2, 0.25) is 6.79 Å². The lowest BCUT2D eigenvalue weighted by Crippen LogP contribution is -2.17. The van der Waals surface area contributed by atoms with E-state index in [1.807, 2.05) is 26.0 Å². The SMILES string of the molecule is CC(C)(C)c1ccc2c(c1)OCCO2.CC(C)(C)c1ccc2c(c1)OCO2.[B]CC.[B]CC.